The normalized spacial score (nSPS) is 19.3. The van der Waals surface area contributed by atoms with Gasteiger partial charge in [-0.05, 0) is 30.0 Å². The Morgan fingerprint density at radius 2 is 2.09 bits per heavy atom. The number of rotatable bonds is 5. The average Bonchev–Trinajstić information content (AvgIpc) is 3.13. The van der Waals surface area contributed by atoms with Gasteiger partial charge >= 0.3 is 5.97 Å². The fraction of sp³-hybridized carbons (Fsp3) is 0.353. The summed E-state index contributed by atoms with van der Waals surface area (Å²) in [5.41, 5.74) is 2.91. The average molecular weight is 313 g/mol. The van der Waals surface area contributed by atoms with Crippen molar-refractivity contribution >= 4 is 11.9 Å². The Kier molecular flexibility index (Phi) is 4.14. The summed E-state index contributed by atoms with van der Waals surface area (Å²) in [4.78, 5) is 23.8. The van der Waals surface area contributed by atoms with Crippen LogP contribution in [0, 0.1) is 0 Å². The second-order valence-corrected chi connectivity index (χ2v) is 5.81. The van der Waals surface area contributed by atoms with Gasteiger partial charge in [0.15, 0.2) is 0 Å². The van der Waals surface area contributed by atoms with Gasteiger partial charge in [-0.3, -0.25) is 14.7 Å². The first-order chi connectivity index (χ1) is 11.1. The number of aromatic amines is 1. The zero-order chi connectivity index (χ0) is 16.4. The maximum atomic E-state index is 12.4. The molecule has 1 heterocycles. The van der Waals surface area contributed by atoms with Crippen molar-refractivity contribution in [2.75, 3.05) is 0 Å². The quantitative estimate of drug-likeness (QED) is 0.790. The summed E-state index contributed by atoms with van der Waals surface area (Å²) < 4.78 is 0. The van der Waals surface area contributed by atoms with Crippen LogP contribution in [0.1, 0.15) is 59.0 Å². The molecule has 23 heavy (non-hydrogen) atoms. The summed E-state index contributed by atoms with van der Waals surface area (Å²) in [6.45, 7) is 2.06. The molecule has 2 atom stereocenters. The monoisotopic (exact) mass is 313 g/mol. The highest BCUT2D eigenvalue weighted by molar-refractivity contribution is 5.93. The van der Waals surface area contributed by atoms with Crippen molar-refractivity contribution in [3.8, 4) is 0 Å². The Balaban J connectivity index is 1.77. The second-order valence-electron chi connectivity index (χ2n) is 5.81. The SMILES string of the molecule is CCCc1cc(C(=O)NC2CC(C(=O)O)c3ccccc32)n[nH]1. The van der Waals surface area contributed by atoms with Gasteiger partial charge in [-0.15, -0.1) is 0 Å². The Morgan fingerprint density at radius 1 is 1.35 bits per heavy atom. The van der Waals surface area contributed by atoms with Crippen molar-refractivity contribution in [3.05, 3.63) is 52.8 Å². The Morgan fingerprint density at radius 3 is 2.78 bits per heavy atom. The molecule has 0 fully saturated rings. The van der Waals surface area contributed by atoms with Gasteiger partial charge in [0.2, 0.25) is 0 Å². The van der Waals surface area contributed by atoms with Crippen molar-refractivity contribution in [2.24, 2.45) is 0 Å². The molecule has 1 aliphatic carbocycles. The summed E-state index contributed by atoms with van der Waals surface area (Å²) in [5, 5.41) is 19.2. The van der Waals surface area contributed by atoms with Gasteiger partial charge in [0.1, 0.15) is 5.69 Å². The van der Waals surface area contributed by atoms with E-state index in [1.165, 1.54) is 0 Å². The molecule has 2 aromatic rings. The zero-order valence-corrected chi connectivity index (χ0v) is 12.9. The number of fused-ring (bicyclic) bond motifs is 1. The highest BCUT2D eigenvalue weighted by atomic mass is 16.4. The summed E-state index contributed by atoms with van der Waals surface area (Å²) in [6.07, 6.45) is 2.18. The first-order valence-corrected chi connectivity index (χ1v) is 7.77. The van der Waals surface area contributed by atoms with E-state index in [4.69, 9.17) is 0 Å². The number of H-pyrrole nitrogens is 1. The largest absolute Gasteiger partial charge is 0.481 e. The number of carboxylic acids is 1. The number of aliphatic carboxylic acids is 1. The van der Waals surface area contributed by atoms with Crippen molar-refractivity contribution < 1.29 is 14.7 Å². The molecule has 0 saturated heterocycles. The smallest absolute Gasteiger partial charge is 0.311 e. The van der Waals surface area contributed by atoms with E-state index in [-0.39, 0.29) is 11.9 Å². The third-order valence-corrected chi connectivity index (χ3v) is 4.20. The minimum absolute atomic E-state index is 0.283. The van der Waals surface area contributed by atoms with Crippen LogP contribution in [0.25, 0.3) is 0 Å². The number of amides is 1. The number of nitrogens with zero attached hydrogens (tertiary/aromatic N) is 1. The molecule has 120 valence electrons. The number of carbonyl (C=O) groups excluding carboxylic acids is 1. The van der Waals surface area contributed by atoms with Crippen LogP contribution in [-0.4, -0.2) is 27.2 Å². The maximum absolute atomic E-state index is 12.4. The zero-order valence-electron chi connectivity index (χ0n) is 12.9. The maximum Gasteiger partial charge on any atom is 0.311 e. The Bertz CT molecular complexity index is 738. The molecule has 0 spiro atoms. The number of hydrogen-bond acceptors (Lipinski definition) is 3. The summed E-state index contributed by atoms with van der Waals surface area (Å²) in [7, 11) is 0. The van der Waals surface area contributed by atoms with Gasteiger partial charge in [-0.25, -0.2) is 0 Å². The lowest BCUT2D eigenvalue weighted by Gasteiger charge is -2.13. The first-order valence-electron chi connectivity index (χ1n) is 7.77. The molecule has 1 aliphatic rings. The van der Waals surface area contributed by atoms with Gasteiger partial charge in [0, 0.05) is 5.69 Å². The van der Waals surface area contributed by atoms with Crippen LogP contribution in [0.15, 0.2) is 30.3 Å². The van der Waals surface area contributed by atoms with E-state index in [2.05, 4.69) is 22.4 Å². The fourth-order valence-electron chi connectivity index (χ4n) is 3.11. The van der Waals surface area contributed by atoms with E-state index in [9.17, 15) is 14.7 Å². The van der Waals surface area contributed by atoms with Gasteiger partial charge in [0.25, 0.3) is 5.91 Å². The number of hydrogen-bond donors (Lipinski definition) is 3. The number of nitrogens with one attached hydrogen (secondary N) is 2. The van der Waals surface area contributed by atoms with Crippen LogP contribution in [0.3, 0.4) is 0 Å². The van der Waals surface area contributed by atoms with Crippen LogP contribution in [0.4, 0.5) is 0 Å². The second kappa shape index (κ2) is 6.24. The summed E-state index contributed by atoms with van der Waals surface area (Å²) in [5.74, 6) is -1.72. The standard InChI is InChI=1S/C17H19N3O3/c1-2-5-10-8-15(20-19-10)16(21)18-14-9-13(17(22)23)11-6-3-4-7-12(11)14/h3-4,6-8,13-14H,2,5,9H2,1H3,(H,18,21)(H,19,20)(H,22,23). The van der Waals surface area contributed by atoms with Crippen LogP contribution in [-0.2, 0) is 11.2 Å². The third-order valence-electron chi connectivity index (χ3n) is 4.20. The lowest BCUT2D eigenvalue weighted by Crippen LogP contribution is -2.27. The number of aromatic nitrogens is 2. The Hall–Kier alpha value is -2.63. The van der Waals surface area contributed by atoms with Crippen LogP contribution in [0.2, 0.25) is 0 Å². The van der Waals surface area contributed by atoms with E-state index in [1.807, 2.05) is 24.3 Å². The predicted molar refractivity (Wildman–Crippen MR) is 84.2 cm³/mol. The molecule has 0 bridgehead atoms. The summed E-state index contributed by atoms with van der Waals surface area (Å²) >= 11 is 0. The molecule has 1 aromatic heterocycles. The molecule has 0 aliphatic heterocycles. The van der Waals surface area contributed by atoms with E-state index in [1.54, 1.807) is 6.07 Å². The van der Waals surface area contributed by atoms with Crippen molar-refractivity contribution in [1.29, 1.82) is 0 Å². The fourth-order valence-corrected chi connectivity index (χ4v) is 3.11. The number of aryl methyl sites for hydroxylation is 1. The van der Waals surface area contributed by atoms with Crippen molar-refractivity contribution in [3.63, 3.8) is 0 Å². The molecular formula is C17H19N3O3. The molecule has 6 nitrogen and oxygen atoms in total. The summed E-state index contributed by atoms with van der Waals surface area (Å²) in [6, 6.07) is 8.81. The topological polar surface area (TPSA) is 95.1 Å². The molecule has 0 radical (unpaired) electrons. The molecule has 1 amide bonds. The van der Waals surface area contributed by atoms with Gasteiger partial charge in [-0.1, -0.05) is 37.6 Å². The number of carboxylic acid groups (broad SMARTS) is 1. The van der Waals surface area contributed by atoms with Gasteiger partial charge < -0.3 is 10.4 Å². The molecule has 0 saturated carbocycles. The van der Waals surface area contributed by atoms with Crippen molar-refractivity contribution in [1.82, 2.24) is 15.5 Å². The lowest BCUT2D eigenvalue weighted by molar-refractivity contribution is -0.138. The van der Waals surface area contributed by atoms with E-state index in [0.717, 1.165) is 29.7 Å². The number of benzene rings is 1. The molecule has 3 rings (SSSR count). The Labute approximate surface area is 133 Å². The van der Waals surface area contributed by atoms with Crippen LogP contribution < -0.4 is 5.32 Å². The van der Waals surface area contributed by atoms with Crippen molar-refractivity contribution in [2.45, 2.75) is 38.1 Å². The lowest BCUT2D eigenvalue weighted by atomic mass is 10.0. The van der Waals surface area contributed by atoms with Gasteiger partial charge in [0.05, 0.1) is 12.0 Å². The minimum Gasteiger partial charge on any atom is -0.481 e. The molecule has 3 N–H and O–H groups in total. The van der Waals surface area contributed by atoms with Crippen LogP contribution in [0.5, 0.6) is 0 Å². The van der Waals surface area contributed by atoms with Gasteiger partial charge in [-0.2, -0.15) is 5.10 Å². The van der Waals surface area contributed by atoms with E-state index < -0.39 is 11.9 Å². The molecule has 1 aromatic carbocycles. The highest BCUT2D eigenvalue weighted by Gasteiger charge is 2.36. The minimum atomic E-state index is -0.862. The van der Waals surface area contributed by atoms with E-state index >= 15 is 0 Å². The highest BCUT2D eigenvalue weighted by Crippen LogP contribution is 2.40. The molecular weight excluding hydrogens is 294 g/mol. The van der Waals surface area contributed by atoms with Crippen LogP contribution >= 0.6 is 0 Å². The predicted octanol–water partition coefficient (Wildman–Crippen LogP) is 2.41. The van der Waals surface area contributed by atoms with E-state index in [0.29, 0.717) is 12.1 Å². The molecule has 6 heteroatoms. The first kappa shape index (κ1) is 15.3. The number of carbonyl (C=O) groups is 2. The molecule has 2 unspecified atom stereocenters. The third kappa shape index (κ3) is 2.97.